The Labute approximate surface area is 159 Å². The van der Waals surface area contributed by atoms with Crippen molar-refractivity contribution in [3.63, 3.8) is 0 Å². The number of aromatic nitrogens is 2. The average Bonchev–Trinajstić information content (AvgIpc) is 2.88. The van der Waals surface area contributed by atoms with Crippen molar-refractivity contribution < 1.29 is 4.79 Å². The van der Waals surface area contributed by atoms with Gasteiger partial charge in [-0.05, 0) is 33.6 Å². The highest BCUT2D eigenvalue weighted by Gasteiger charge is 2.25. The number of halogens is 3. The maximum Gasteiger partial charge on any atom is 0.275 e. The van der Waals surface area contributed by atoms with Crippen LogP contribution in [0.25, 0.3) is 0 Å². The van der Waals surface area contributed by atoms with Crippen molar-refractivity contribution in [2.45, 2.75) is 6.54 Å². The summed E-state index contributed by atoms with van der Waals surface area (Å²) in [5.41, 5.74) is 1.51. The summed E-state index contributed by atoms with van der Waals surface area (Å²) >= 11 is 15.6. The molecule has 24 heavy (non-hydrogen) atoms. The molecule has 1 aliphatic rings. The fourth-order valence-electron chi connectivity index (χ4n) is 2.75. The summed E-state index contributed by atoms with van der Waals surface area (Å²) in [5.74, 6) is -0.0355. The Morgan fingerprint density at radius 1 is 1.25 bits per heavy atom. The van der Waals surface area contributed by atoms with Gasteiger partial charge in [0, 0.05) is 56.0 Å². The number of carbonyl (C=O) groups excluding carboxylic acids is 1. The minimum atomic E-state index is -0.0355. The molecule has 1 aromatic carbocycles. The minimum absolute atomic E-state index is 0.0355. The molecule has 0 radical (unpaired) electrons. The first-order valence-corrected chi connectivity index (χ1v) is 9.13. The number of nitrogens with zero attached hydrogens (tertiary/aromatic N) is 4. The molecular weight excluding hydrogens is 415 g/mol. The van der Waals surface area contributed by atoms with E-state index in [2.05, 4.69) is 25.9 Å². The van der Waals surface area contributed by atoms with Gasteiger partial charge in [0.15, 0.2) is 5.69 Å². The van der Waals surface area contributed by atoms with Crippen LogP contribution in [0, 0.1) is 0 Å². The smallest absolute Gasteiger partial charge is 0.275 e. The first-order chi connectivity index (χ1) is 11.4. The number of rotatable bonds is 3. The molecule has 0 aliphatic carbocycles. The highest BCUT2D eigenvalue weighted by molar-refractivity contribution is 9.10. The molecule has 0 spiro atoms. The Morgan fingerprint density at radius 3 is 2.54 bits per heavy atom. The van der Waals surface area contributed by atoms with Crippen LogP contribution in [0.1, 0.15) is 16.1 Å². The average molecular weight is 432 g/mol. The molecule has 0 bridgehead atoms. The summed E-state index contributed by atoms with van der Waals surface area (Å²) < 4.78 is 2.36. The summed E-state index contributed by atoms with van der Waals surface area (Å²) in [6, 6.07) is 5.56. The van der Waals surface area contributed by atoms with Crippen LogP contribution in [0.4, 0.5) is 0 Å². The summed E-state index contributed by atoms with van der Waals surface area (Å²) in [5, 5.41) is 5.55. The van der Waals surface area contributed by atoms with Gasteiger partial charge in [-0.15, -0.1) is 0 Å². The molecule has 0 atom stereocenters. The second kappa shape index (κ2) is 7.44. The van der Waals surface area contributed by atoms with Gasteiger partial charge in [-0.1, -0.05) is 29.3 Å². The lowest BCUT2D eigenvalue weighted by Crippen LogP contribution is -2.48. The first kappa shape index (κ1) is 17.7. The van der Waals surface area contributed by atoms with Gasteiger partial charge in [-0.25, -0.2) is 0 Å². The zero-order valence-electron chi connectivity index (χ0n) is 13.2. The van der Waals surface area contributed by atoms with E-state index in [1.807, 2.05) is 17.0 Å². The molecule has 1 aliphatic heterocycles. The fraction of sp³-hybridized carbons (Fsp3) is 0.375. The van der Waals surface area contributed by atoms with Crippen LogP contribution in [0.3, 0.4) is 0 Å². The topological polar surface area (TPSA) is 41.4 Å². The minimum Gasteiger partial charge on any atom is -0.335 e. The number of benzene rings is 1. The summed E-state index contributed by atoms with van der Waals surface area (Å²) in [6.45, 7) is 3.70. The maximum atomic E-state index is 12.6. The van der Waals surface area contributed by atoms with Crippen molar-refractivity contribution in [1.82, 2.24) is 19.6 Å². The molecule has 2 heterocycles. The van der Waals surface area contributed by atoms with Crippen LogP contribution in [-0.2, 0) is 13.6 Å². The summed E-state index contributed by atoms with van der Waals surface area (Å²) in [6.07, 6.45) is 1.78. The van der Waals surface area contributed by atoms with Crippen LogP contribution in [0.2, 0.25) is 10.0 Å². The number of carbonyl (C=O) groups is 1. The molecule has 1 amide bonds. The normalized spacial score (nSPS) is 15.8. The lowest BCUT2D eigenvalue weighted by molar-refractivity contribution is 0.0621. The van der Waals surface area contributed by atoms with Crippen molar-refractivity contribution in [3.8, 4) is 0 Å². The van der Waals surface area contributed by atoms with Gasteiger partial charge in [0.1, 0.15) is 0 Å². The van der Waals surface area contributed by atoms with E-state index in [1.54, 1.807) is 24.0 Å². The van der Waals surface area contributed by atoms with Crippen molar-refractivity contribution in [2.75, 3.05) is 26.2 Å². The monoisotopic (exact) mass is 430 g/mol. The van der Waals surface area contributed by atoms with Crippen LogP contribution in [0.5, 0.6) is 0 Å². The third-order valence-electron chi connectivity index (χ3n) is 4.06. The van der Waals surface area contributed by atoms with Gasteiger partial charge in [0.25, 0.3) is 5.91 Å². The van der Waals surface area contributed by atoms with Crippen LogP contribution in [0.15, 0.2) is 28.9 Å². The third-order valence-corrected chi connectivity index (χ3v) is 5.22. The number of hydrogen-bond acceptors (Lipinski definition) is 3. The Kier molecular flexibility index (Phi) is 5.49. The highest BCUT2D eigenvalue weighted by atomic mass is 79.9. The van der Waals surface area contributed by atoms with Gasteiger partial charge < -0.3 is 4.90 Å². The Morgan fingerprint density at radius 2 is 1.96 bits per heavy atom. The predicted molar refractivity (Wildman–Crippen MR) is 98.6 cm³/mol. The van der Waals surface area contributed by atoms with Gasteiger partial charge in [-0.3, -0.25) is 14.4 Å². The van der Waals surface area contributed by atoms with Crippen LogP contribution >= 0.6 is 39.1 Å². The Hall–Kier alpha value is -1.08. The zero-order chi connectivity index (χ0) is 17.3. The molecule has 1 fully saturated rings. The van der Waals surface area contributed by atoms with Crippen LogP contribution < -0.4 is 0 Å². The Bertz CT molecular complexity index is 757. The highest BCUT2D eigenvalue weighted by Crippen LogP contribution is 2.23. The standard InChI is InChI=1S/C16H17BrCl2N4O/c1-21-10-13(17)15(20-21)16(24)23-6-4-22(5-7-23)9-11-2-3-12(18)8-14(11)19/h2-3,8,10H,4-7,9H2,1H3. The molecule has 3 rings (SSSR count). The molecule has 2 aromatic rings. The van der Waals surface area contributed by atoms with Crippen molar-refractivity contribution in [2.24, 2.45) is 7.05 Å². The molecule has 0 saturated carbocycles. The van der Waals surface area contributed by atoms with E-state index < -0.39 is 0 Å². The largest absolute Gasteiger partial charge is 0.335 e. The Balaban J connectivity index is 1.59. The molecule has 5 nitrogen and oxygen atoms in total. The lowest BCUT2D eigenvalue weighted by Gasteiger charge is -2.34. The molecule has 8 heteroatoms. The zero-order valence-corrected chi connectivity index (χ0v) is 16.3. The maximum absolute atomic E-state index is 12.6. The second-order valence-electron chi connectivity index (χ2n) is 5.80. The van der Waals surface area contributed by atoms with Crippen molar-refractivity contribution >= 4 is 45.0 Å². The fourth-order valence-corrected chi connectivity index (χ4v) is 3.77. The number of aryl methyl sites for hydroxylation is 1. The second-order valence-corrected chi connectivity index (χ2v) is 7.50. The number of amides is 1. The molecule has 1 saturated heterocycles. The molecule has 0 unspecified atom stereocenters. The lowest BCUT2D eigenvalue weighted by atomic mass is 10.2. The number of piperazine rings is 1. The van der Waals surface area contributed by atoms with E-state index in [0.717, 1.165) is 29.7 Å². The molecular formula is C16H17BrCl2N4O. The predicted octanol–water partition coefficient (Wildman–Crippen LogP) is 3.45. The molecule has 0 N–H and O–H groups in total. The van der Waals surface area contributed by atoms with E-state index in [-0.39, 0.29) is 5.91 Å². The third kappa shape index (κ3) is 3.94. The van der Waals surface area contributed by atoms with Crippen molar-refractivity contribution in [1.29, 1.82) is 0 Å². The van der Waals surface area contributed by atoms with E-state index in [9.17, 15) is 4.79 Å². The molecule has 1 aromatic heterocycles. The number of hydrogen-bond donors (Lipinski definition) is 0. The van der Waals surface area contributed by atoms with Gasteiger partial charge in [-0.2, -0.15) is 5.10 Å². The van der Waals surface area contributed by atoms with Crippen LogP contribution in [-0.4, -0.2) is 51.7 Å². The van der Waals surface area contributed by atoms with Gasteiger partial charge in [0.05, 0.1) is 4.47 Å². The SMILES string of the molecule is Cn1cc(Br)c(C(=O)N2CCN(Cc3ccc(Cl)cc3Cl)CC2)n1. The van der Waals surface area contributed by atoms with Crippen molar-refractivity contribution in [3.05, 3.63) is 50.2 Å². The van der Waals surface area contributed by atoms with E-state index in [1.165, 1.54) is 0 Å². The van der Waals surface area contributed by atoms with E-state index in [4.69, 9.17) is 23.2 Å². The quantitative estimate of drug-likeness (QED) is 0.747. The van der Waals surface area contributed by atoms with Gasteiger partial charge in [0.2, 0.25) is 0 Å². The van der Waals surface area contributed by atoms with E-state index in [0.29, 0.717) is 28.8 Å². The van der Waals surface area contributed by atoms with E-state index >= 15 is 0 Å². The summed E-state index contributed by atoms with van der Waals surface area (Å²) in [7, 11) is 1.80. The first-order valence-electron chi connectivity index (χ1n) is 7.59. The summed E-state index contributed by atoms with van der Waals surface area (Å²) in [4.78, 5) is 16.7. The van der Waals surface area contributed by atoms with Gasteiger partial charge >= 0.3 is 0 Å². The molecule has 128 valence electrons.